The van der Waals surface area contributed by atoms with Crippen LogP contribution in [0.3, 0.4) is 0 Å². The maximum atomic E-state index is 13.3. The molecule has 1 saturated carbocycles. The molecular formula is C27H33N7O4. The molecule has 3 aliphatic rings. The number of carbonyl (C=O) groups is 2. The van der Waals surface area contributed by atoms with E-state index in [4.69, 9.17) is 9.47 Å². The Labute approximate surface area is 222 Å². The molecule has 4 heterocycles. The lowest BCUT2D eigenvalue weighted by Crippen LogP contribution is -2.49. The molecule has 2 N–H and O–H groups in total. The Balaban J connectivity index is 1.34. The number of nitrogens with zero attached hydrogens (tertiary/aromatic N) is 5. The highest BCUT2D eigenvalue weighted by Crippen LogP contribution is 2.43. The number of aldehydes is 1. The van der Waals surface area contributed by atoms with Gasteiger partial charge in [-0.25, -0.2) is 14.8 Å². The first kappa shape index (κ1) is 26.0. The Kier molecular flexibility index (Phi) is 7.56. The second-order valence-corrected chi connectivity index (χ2v) is 10.2. The lowest BCUT2D eigenvalue weighted by atomic mass is 10.0. The van der Waals surface area contributed by atoms with E-state index in [0.29, 0.717) is 61.4 Å². The molecule has 5 rings (SSSR count). The van der Waals surface area contributed by atoms with Crippen LogP contribution in [0.25, 0.3) is 0 Å². The van der Waals surface area contributed by atoms with Crippen molar-refractivity contribution in [3.8, 4) is 6.07 Å². The number of urea groups is 1. The van der Waals surface area contributed by atoms with Crippen LogP contribution in [0, 0.1) is 11.3 Å². The smallest absolute Gasteiger partial charge is 0.328 e. The quantitative estimate of drug-likeness (QED) is 0.399. The van der Waals surface area contributed by atoms with Crippen LogP contribution < -0.4 is 15.5 Å². The largest absolute Gasteiger partial charge is 0.383 e. The van der Waals surface area contributed by atoms with E-state index in [-0.39, 0.29) is 17.7 Å². The van der Waals surface area contributed by atoms with E-state index in [1.807, 2.05) is 6.07 Å². The zero-order valence-corrected chi connectivity index (χ0v) is 21.8. The van der Waals surface area contributed by atoms with E-state index < -0.39 is 0 Å². The number of amides is 2. The fraction of sp³-hybridized carbons (Fsp3) is 0.519. The topological polar surface area (TPSA) is 133 Å². The van der Waals surface area contributed by atoms with Gasteiger partial charge in [0, 0.05) is 51.6 Å². The first-order chi connectivity index (χ1) is 18.4. The van der Waals surface area contributed by atoms with Gasteiger partial charge in [-0.15, -0.1) is 0 Å². The molecule has 2 aromatic rings. The number of aryl methyl sites for hydroxylation is 1. The molecule has 38 heavy (non-hydrogen) atoms. The summed E-state index contributed by atoms with van der Waals surface area (Å²) in [7, 11) is 1.60. The van der Waals surface area contributed by atoms with Crippen LogP contribution >= 0.6 is 0 Å². The average molecular weight is 520 g/mol. The second-order valence-electron chi connectivity index (χ2n) is 10.2. The number of methoxy groups -OCH3 is 1. The molecule has 1 aliphatic carbocycles. The third-order valence-corrected chi connectivity index (χ3v) is 7.44. The normalized spacial score (nSPS) is 19.9. The number of morpholine rings is 1. The van der Waals surface area contributed by atoms with Gasteiger partial charge in [0.1, 0.15) is 23.4 Å². The molecule has 1 unspecified atom stereocenters. The molecule has 1 atom stereocenters. The summed E-state index contributed by atoms with van der Waals surface area (Å²) in [4.78, 5) is 38.2. The maximum Gasteiger partial charge on any atom is 0.328 e. The summed E-state index contributed by atoms with van der Waals surface area (Å²) in [6.07, 6.45) is 5.93. The van der Waals surface area contributed by atoms with Gasteiger partial charge in [0.05, 0.1) is 30.1 Å². The van der Waals surface area contributed by atoms with Crippen LogP contribution in [-0.4, -0.2) is 78.8 Å². The minimum atomic E-state index is -0.388. The zero-order chi connectivity index (χ0) is 26.7. The van der Waals surface area contributed by atoms with E-state index in [0.717, 1.165) is 49.6 Å². The molecule has 2 fully saturated rings. The van der Waals surface area contributed by atoms with Gasteiger partial charge >= 0.3 is 6.03 Å². The highest BCUT2D eigenvalue weighted by molar-refractivity contribution is 6.01. The summed E-state index contributed by atoms with van der Waals surface area (Å²) < 4.78 is 11.1. The van der Waals surface area contributed by atoms with Crippen molar-refractivity contribution in [2.24, 2.45) is 0 Å². The van der Waals surface area contributed by atoms with E-state index in [2.05, 4.69) is 38.5 Å². The van der Waals surface area contributed by atoms with Crippen molar-refractivity contribution in [3.05, 3.63) is 40.7 Å². The summed E-state index contributed by atoms with van der Waals surface area (Å²) in [6.45, 7) is 5.77. The van der Waals surface area contributed by atoms with Gasteiger partial charge < -0.3 is 14.8 Å². The SMILES string of the molecule is COCCNc1cc(NC(=O)N2CCCc3cc(CN4CC5(CC5)OCC4C)c(C=O)nc32)ncc1C#N. The Morgan fingerprint density at radius 2 is 2.24 bits per heavy atom. The van der Waals surface area contributed by atoms with Crippen molar-refractivity contribution in [2.75, 3.05) is 55.5 Å². The fourth-order valence-corrected chi connectivity index (χ4v) is 5.05. The Hall–Kier alpha value is -3.59. The molecule has 1 spiro atoms. The Morgan fingerprint density at radius 3 is 2.97 bits per heavy atom. The zero-order valence-electron chi connectivity index (χ0n) is 21.8. The highest BCUT2D eigenvalue weighted by atomic mass is 16.5. The minimum absolute atomic E-state index is 0.0109. The van der Waals surface area contributed by atoms with E-state index in [1.165, 1.54) is 6.20 Å². The van der Waals surface area contributed by atoms with Gasteiger partial charge in [-0.05, 0) is 49.8 Å². The highest BCUT2D eigenvalue weighted by Gasteiger charge is 2.49. The van der Waals surface area contributed by atoms with Crippen LogP contribution in [0.4, 0.5) is 22.1 Å². The maximum absolute atomic E-state index is 13.3. The summed E-state index contributed by atoms with van der Waals surface area (Å²) in [6, 6.07) is 5.62. The van der Waals surface area contributed by atoms with Gasteiger partial charge in [0.15, 0.2) is 6.29 Å². The van der Waals surface area contributed by atoms with Crippen molar-refractivity contribution >= 4 is 29.6 Å². The molecule has 200 valence electrons. The van der Waals surface area contributed by atoms with Crippen LogP contribution in [0.1, 0.15) is 53.4 Å². The van der Waals surface area contributed by atoms with Gasteiger partial charge in [0.2, 0.25) is 0 Å². The average Bonchev–Trinajstić information content (AvgIpc) is 3.69. The van der Waals surface area contributed by atoms with E-state index in [9.17, 15) is 14.9 Å². The summed E-state index contributed by atoms with van der Waals surface area (Å²) in [5.74, 6) is 0.809. The Morgan fingerprint density at radius 1 is 1.39 bits per heavy atom. The summed E-state index contributed by atoms with van der Waals surface area (Å²) in [5.41, 5.74) is 3.10. The van der Waals surface area contributed by atoms with Crippen LogP contribution in [0.2, 0.25) is 0 Å². The summed E-state index contributed by atoms with van der Waals surface area (Å²) in [5, 5.41) is 15.3. The van der Waals surface area contributed by atoms with Gasteiger partial charge in [0.25, 0.3) is 0 Å². The summed E-state index contributed by atoms with van der Waals surface area (Å²) >= 11 is 0. The molecule has 11 heteroatoms. The number of aromatic nitrogens is 2. The van der Waals surface area contributed by atoms with Crippen LogP contribution in [0.5, 0.6) is 0 Å². The van der Waals surface area contributed by atoms with Crippen molar-refractivity contribution < 1.29 is 19.1 Å². The first-order valence-corrected chi connectivity index (χ1v) is 13.0. The molecule has 2 aromatic heterocycles. The van der Waals surface area contributed by atoms with Gasteiger partial charge in [-0.2, -0.15) is 5.26 Å². The van der Waals surface area contributed by atoms with Crippen LogP contribution in [-0.2, 0) is 22.4 Å². The van der Waals surface area contributed by atoms with Crippen molar-refractivity contribution in [1.29, 1.82) is 5.26 Å². The molecule has 11 nitrogen and oxygen atoms in total. The predicted octanol–water partition coefficient (Wildman–Crippen LogP) is 2.96. The van der Waals surface area contributed by atoms with E-state index >= 15 is 0 Å². The minimum Gasteiger partial charge on any atom is -0.383 e. The lowest BCUT2D eigenvalue weighted by Gasteiger charge is -2.39. The molecule has 0 bridgehead atoms. The molecule has 2 amide bonds. The first-order valence-electron chi connectivity index (χ1n) is 13.0. The molecule has 2 aliphatic heterocycles. The number of carbonyl (C=O) groups excluding carboxylic acids is 2. The van der Waals surface area contributed by atoms with E-state index in [1.54, 1.807) is 18.1 Å². The number of nitrogens with one attached hydrogen (secondary N) is 2. The molecule has 0 aromatic carbocycles. The predicted molar refractivity (Wildman–Crippen MR) is 141 cm³/mol. The molecule has 1 saturated heterocycles. The number of fused-ring (bicyclic) bond motifs is 1. The second kappa shape index (κ2) is 11.0. The number of hydrogen-bond acceptors (Lipinski definition) is 9. The van der Waals surface area contributed by atoms with Crippen molar-refractivity contribution in [3.63, 3.8) is 0 Å². The lowest BCUT2D eigenvalue weighted by molar-refractivity contribution is -0.0773. The number of anilines is 3. The third-order valence-electron chi connectivity index (χ3n) is 7.44. The van der Waals surface area contributed by atoms with Crippen LogP contribution in [0.15, 0.2) is 18.3 Å². The molecular weight excluding hydrogens is 486 g/mol. The van der Waals surface area contributed by atoms with Crippen molar-refractivity contribution in [1.82, 2.24) is 14.9 Å². The number of rotatable bonds is 8. The number of pyridine rings is 2. The van der Waals surface area contributed by atoms with Crippen molar-refractivity contribution in [2.45, 2.75) is 50.8 Å². The number of nitriles is 1. The van der Waals surface area contributed by atoms with Gasteiger partial charge in [-0.3, -0.25) is 19.9 Å². The molecule has 0 radical (unpaired) electrons. The third kappa shape index (κ3) is 5.48. The van der Waals surface area contributed by atoms with Gasteiger partial charge in [-0.1, -0.05) is 0 Å². The standard InChI is InChI=1S/C27H33N7O4/c1-18-16-38-27(5-6-27)17-33(18)14-20-10-19-4-3-8-34(25(19)31-23(20)15-35)26(36)32-24-11-22(29-7-9-37-2)21(12-28)13-30-24/h10-11,13,15,18H,3-9,14,16-17H2,1-2H3,(H2,29,30,32,36). The Bertz CT molecular complexity index is 1260. The fourth-order valence-electron chi connectivity index (χ4n) is 5.05. The monoisotopic (exact) mass is 519 g/mol. The number of ether oxygens (including phenoxy) is 2. The number of hydrogen-bond donors (Lipinski definition) is 2.